The van der Waals surface area contributed by atoms with E-state index in [4.69, 9.17) is 0 Å². The summed E-state index contributed by atoms with van der Waals surface area (Å²) >= 11 is 0. The van der Waals surface area contributed by atoms with Gasteiger partial charge in [0.2, 0.25) is 0 Å². The van der Waals surface area contributed by atoms with Crippen molar-refractivity contribution in [3.8, 4) is 0 Å². The Hall–Kier alpha value is -0.0800. The van der Waals surface area contributed by atoms with Gasteiger partial charge >= 0.3 is 0 Å². The van der Waals surface area contributed by atoms with Crippen LogP contribution in [0.5, 0.6) is 0 Å². The van der Waals surface area contributed by atoms with Crippen LogP contribution in [0.15, 0.2) is 0 Å². The fourth-order valence-corrected chi connectivity index (χ4v) is 4.22. The van der Waals surface area contributed by atoms with Gasteiger partial charge in [-0.1, -0.05) is 0 Å². The van der Waals surface area contributed by atoms with Gasteiger partial charge in [-0.25, -0.2) is 0 Å². The van der Waals surface area contributed by atoms with E-state index in [2.05, 4.69) is 10.2 Å². The molecule has 2 heterocycles. The Morgan fingerprint density at radius 3 is 2.35 bits per heavy atom. The lowest BCUT2D eigenvalue weighted by atomic mass is 9.95. The average molecular weight is 234 g/mol. The van der Waals surface area contributed by atoms with E-state index in [0.29, 0.717) is 0 Å². The van der Waals surface area contributed by atoms with Gasteiger partial charge in [0.05, 0.1) is 0 Å². The van der Waals surface area contributed by atoms with E-state index in [1.165, 1.54) is 64.5 Å². The second-order valence-electron chi connectivity index (χ2n) is 6.92. The van der Waals surface area contributed by atoms with Crippen LogP contribution in [-0.2, 0) is 0 Å². The predicted molar refractivity (Wildman–Crippen MR) is 70.0 cm³/mol. The topological polar surface area (TPSA) is 15.3 Å². The van der Waals surface area contributed by atoms with Crippen LogP contribution in [0, 0.1) is 11.8 Å². The SMILES string of the molecule is C1CC2CC(NC(C3CC3)C3CC3)CCN2C1. The summed E-state index contributed by atoms with van der Waals surface area (Å²) in [5, 5.41) is 4.07. The Morgan fingerprint density at radius 2 is 1.65 bits per heavy atom. The van der Waals surface area contributed by atoms with Crippen molar-refractivity contribution < 1.29 is 0 Å². The molecule has 0 bridgehead atoms. The molecule has 4 aliphatic rings. The molecule has 0 radical (unpaired) electrons. The van der Waals surface area contributed by atoms with E-state index in [0.717, 1.165) is 30.0 Å². The summed E-state index contributed by atoms with van der Waals surface area (Å²) in [6.45, 7) is 2.75. The quantitative estimate of drug-likeness (QED) is 0.803. The highest BCUT2D eigenvalue weighted by molar-refractivity contribution is 4.99. The Balaban J connectivity index is 1.35. The number of hydrogen-bond donors (Lipinski definition) is 1. The van der Waals surface area contributed by atoms with Crippen LogP contribution in [0.2, 0.25) is 0 Å². The first kappa shape index (κ1) is 10.8. The molecule has 2 heteroatoms. The lowest BCUT2D eigenvalue weighted by Crippen LogP contribution is -2.49. The maximum Gasteiger partial charge on any atom is 0.0126 e. The lowest BCUT2D eigenvalue weighted by molar-refractivity contribution is 0.156. The second-order valence-corrected chi connectivity index (χ2v) is 6.92. The molecule has 2 nitrogen and oxygen atoms in total. The van der Waals surface area contributed by atoms with E-state index in [-0.39, 0.29) is 0 Å². The number of piperidine rings is 1. The highest BCUT2D eigenvalue weighted by Crippen LogP contribution is 2.45. The summed E-state index contributed by atoms with van der Waals surface area (Å²) in [5.74, 6) is 2.12. The van der Waals surface area contributed by atoms with Crippen LogP contribution >= 0.6 is 0 Å². The maximum absolute atomic E-state index is 4.07. The van der Waals surface area contributed by atoms with Crippen LogP contribution in [0.1, 0.15) is 51.4 Å². The zero-order chi connectivity index (χ0) is 11.2. The van der Waals surface area contributed by atoms with Crippen molar-refractivity contribution in [1.29, 1.82) is 0 Å². The minimum atomic E-state index is 0.848. The third kappa shape index (κ3) is 2.26. The molecule has 0 amide bonds. The summed E-state index contributed by atoms with van der Waals surface area (Å²) in [6, 6.07) is 2.69. The highest BCUT2D eigenvalue weighted by atomic mass is 15.2. The lowest BCUT2D eigenvalue weighted by Gasteiger charge is -2.37. The fraction of sp³-hybridized carbons (Fsp3) is 1.00. The first-order chi connectivity index (χ1) is 8.40. The second kappa shape index (κ2) is 4.24. The zero-order valence-electron chi connectivity index (χ0n) is 10.9. The molecule has 2 aliphatic carbocycles. The van der Waals surface area contributed by atoms with Crippen molar-refractivity contribution in [2.75, 3.05) is 13.1 Å². The van der Waals surface area contributed by atoms with Gasteiger partial charge in [0.25, 0.3) is 0 Å². The number of nitrogens with zero attached hydrogens (tertiary/aromatic N) is 1. The summed E-state index contributed by atoms with van der Waals surface area (Å²) in [4.78, 5) is 2.74. The largest absolute Gasteiger partial charge is 0.311 e. The van der Waals surface area contributed by atoms with Gasteiger partial charge in [0.1, 0.15) is 0 Å². The molecule has 4 rings (SSSR count). The van der Waals surface area contributed by atoms with Gasteiger partial charge in [-0.15, -0.1) is 0 Å². The van der Waals surface area contributed by atoms with Crippen molar-refractivity contribution in [2.45, 2.75) is 69.5 Å². The molecule has 4 fully saturated rings. The van der Waals surface area contributed by atoms with Crippen LogP contribution in [0.3, 0.4) is 0 Å². The van der Waals surface area contributed by atoms with E-state index >= 15 is 0 Å². The van der Waals surface area contributed by atoms with Gasteiger partial charge < -0.3 is 10.2 Å². The number of rotatable bonds is 4. The molecule has 1 N–H and O–H groups in total. The minimum absolute atomic E-state index is 0.848. The molecule has 2 unspecified atom stereocenters. The minimum Gasteiger partial charge on any atom is -0.311 e. The Kier molecular flexibility index (Phi) is 2.69. The monoisotopic (exact) mass is 234 g/mol. The van der Waals surface area contributed by atoms with Gasteiger partial charge in [-0.05, 0) is 76.3 Å². The zero-order valence-corrected chi connectivity index (χ0v) is 10.9. The molecular formula is C15H26N2. The molecule has 2 aliphatic heterocycles. The molecule has 2 atom stereocenters. The number of hydrogen-bond acceptors (Lipinski definition) is 2. The summed E-state index contributed by atoms with van der Waals surface area (Å²) in [6.07, 6.45) is 11.8. The molecule has 17 heavy (non-hydrogen) atoms. The van der Waals surface area contributed by atoms with Crippen molar-refractivity contribution >= 4 is 0 Å². The normalized spacial score (nSPS) is 38.6. The number of fused-ring (bicyclic) bond motifs is 1. The summed E-state index contributed by atoms with van der Waals surface area (Å²) < 4.78 is 0. The first-order valence-corrected chi connectivity index (χ1v) is 7.90. The Labute approximate surface area is 105 Å². The van der Waals surface area contributed by atoms with Crippen molar-refractivity contribution in [1.82, 2.24) is 10.2 Å². The van der Waals surface area contributed by atoms with E-state index < -0.39 is 0 Å². The van der Waals surface area contributed by atoms with Crippen LogP contribution in [0.4, 0.5) is 0 Å². The maximum atomic E-state index is 4.07. The molecule has 2 saturated heterocycles. The van der Waals surface area contributed by atoms with Gasteiger partial charge in [-0.2, -0.15) is 0 Å². The smallest absolute Gasteiger partial charge is 0.0126 e. The molecular weight excluding hydrogens is 208 g/mol. The summed E-state index contributed by atoms with van der Waals surface area (Å²) in [5.41, 5.74) is 0. The summed E-state index contributed by atoms with van der Waals surface area (Å²) in [7, 11) is 0. The van der Waals surface area contributed by atoms with Crippen molar-refractivity contribution in [2.24, 2.45) is 11.8 Å². The molecule has 0 spiro atoms. The Bertz CT molecular complexity index is 271. The van der Waals surface area contributed by atoms with E-state index in [9.17, 15) is 0 Å². The van der Waals surface area contributed by atoms with Crippen LogP contribution in [-0.4, -0.2) is 36.1 Å². The van der Waals surface area contributed by atoms with Crippen LogP contribution in [0.25, 0.3) is 0 Å². The van der Waals surface area contributed by atoms with Crippen LogP contribution < -0.4 is 5.32 Å². The third-order valence-corrected chi connectivity index (χ3v) is 5.51. The van der Waals surface area contributed by atoms with Gasteiger partial charge in [-0.3, -0.25) is 0 Å². The molecule has 2 saturated carbocycles. The predicted octanol–water partition coefficient (Wildman–Crippen LogP) is 2.39. The molecule has 0 aromatic rings. The molecule has 0 aromatic heterocycles. The fourth-order valence-electron chi connectivity index (χ4n) is 4.22. The van der Waals surface area contributed by atoms with Gasteiger partial charge in [0.15, 0.2) is 0 Å². The standard InChI is InChI=1S/C15H26N2/c1-2-14-10-13(7-9-17(14)8-1)16-15(11-3-4-11)12-5-6-12/h11-16H,1-10H2. The van der Waals surface area contributed by atoms with E-state index in [1.807, 2.05) is 0 Å². The van der Waals surface area contributed by atoms with Crippen molar-refractivity contribution in [3.05, 3.63) is 0 Å². The number of nitrogens with one attached hydrogen (secondary N) is 1. The molecule has 96 valence electrons. The highest BCUT2D eigenvalue weighted by Gasteiger charge is 2.43. The third-order valence-electron chi connectivity index (χ3n) is 5.51. The van der Waals surface area contributed by atoms with Crippen molar-refractivity contribution in [3.63, 3.8) is 0 Å². The van der Waals surface area contributed by atoms with E-state index in [1.54, 1.807) is 0 Å². The molecule has 0 aromatic carbocycles. The Morgan fingerprint density at radius 1 is 0.882 bits per heavy atom. The first-order valence-electron chi connectivity index (χ1n) is 7.90. The average Bonchev–Trinajstić information content (AvgIpc) is 3.24. The van der Waals surface area contributed by atoms with Gasteiger partial charge in [0, 0.05) is 18.1 Å².